The van der Waals surface area contributed by atoms with Crippen molar-refractivity contribution >= 4 is 11.3 Å². The summed E-state index contributed by atoms with van der Waals surface area (Å²) in [4.78, 5) is 4.59. The zero-order valence-electron chi connectivity index (χ0n) is 13.4. The van der Waals surface area contributed by atoms with E-state index < -0.39 is 6.10 Å². The van der Waals surface area contributed by atoms with Crippen LogP contribution in [0.3, 0.4) is 0 Å². The van der Waals surface area contributed by atoms with Crippen molar-refractivity contribution in [1.29, 1.82) is 0 Å². The van der Waals surface area contributed by atoms with Gasteiger partial charge in [0.15, 0.2) is 5.75 Å². The maximum absolute atomic E-state index is 10.7. The maximum Gasteiger partial charge on any atom is 0.163 e. The molecule has 116 valence electrons. The van der Waals surface area contributed by atoms with E-state index in [1.165, 1.54) is 0 Å². The molecule has 0 bridgehead atoms. The minimum atomic E-state index is -0.836. The third-order valence-electron chi connectivity index (χ3n) is 3.21. The number of hydrogen-bond acceptors (Lipinski definition) is 5. The molecule has 0 saturated carbocycles. The number of ether oxygens (including phenoxy) is 1. The van der Waals surface area contributed by atoms with Crippen LogP contribution in [0.5, 0.6) is 5.75 Å². The van der Waals surface area contributed by atoms with E-state index in [4.69, 9.17) is 4.74 Å². The van der Waals surface area contributed by atoms with Crippen LogP contribution in [-0.4, -0.2) is 27.0 Å². The molecule has 0 amide bonds. The Morgan fingerprint density at radius 3 is 2.48 bits per heavy atom. The van der Waals surface area contributed by atoms with Crippen LogP contribution < -0.4 is 4.74 Å². The molecule has 0 aliphatic heterocycles. The van der Waals surface area contributed by atoms with Crippen LogP contribution >= 0.6 is 11.3 Å². The molecule has 0 spiro atoms. The predicted octanol–water partition coefficient (Wildman–Crippen LogP) is 3.31. The highest BCUT2D eigenvalue weighted by atomic mass is 32.1. The molecule has 5 nitrogen and oxygen atoms in total. The molecule has 0 aliphatic rings. The Kier molecular flexibility index (Phi) is 4.39. The van der Waals surface area contributed by atoms with Crippen molar-refractivity contribution in [1.82, 2.24) is 14.8 Å². The molecule has 21 heavy (non-hydrogen) atoms. The zero-order chi connectivity index (χ0) is 15.8. The molecular weight excluding hydrogens is 286 g/mol. The van der Waals surface area contributed by atoms with Crippen LogP contribution in [0.15, 0.2) is 11.6 Å². The van der Waals surface area contributed by atoms with Gasteiger partial charge in [-0.1, -0.05) is 20.8 Å². The van der Waals surface area contributed by atoms with E-state index in [9.17, 15) is 5.11 Å². The highest BCUT2D eigenvalue weighted by molar-refractivity contribution is 7.09. The Morgan fingerprint density at radius 2 is 2.00 bits per heavy atom. The topological polar surface area (TPSA) is 60.2 Å². The summed E-state index contributed by atoms with van der Waals surface area (Å²) in [6.45, 7) is 10.4. The van der Waals surface area contributed by atoms with E-state index >= 15 is 0 Å². The van der Waals surface area contributed by atoms with E-state index in [-0.39, 0.29) is 11.5 Å². The number of rotatable bonds is 4. The summed E-state index contributed by atoms with van der Waals surface area (Å²) in [5, 5.41) is 17.9. The van der Waals surface area contributed by atoms with Gasteiger partial charge in [0.1, 0.15) is 11.8 Å². The summed E-state index contributed by atoms with van der Waals surface area (Å²) >= 11 is 1.57. The molecule has 2 aromatic rings. The number of aliphatic hydroxyl groups excluding tert-OH is 1. The molecule has 1 N–H and O–H groups in total. The second kappa shape index (κ2) is 5.77. The first-order valence-corrected chi connectivity index (χ1v) is 7.89. The number of thiazole rings is 1. The van der Waals surface area contributed by atoms with Crippen molar-refractivity contribution in [2.75, 3.05) is 7.11 Å². The summed E-state index contributed by atoms with van der Waals surface area (Å²) in [6, 6.07) is 0.138. The van der Waals surface area contributed by atoms with E-state index in [0.717, 1.165) is 5.01 Å². The van der Waals surface area contributed by atoms with E-state index in [1.807, 2.05) is 19.2 Å². The third-order valence-corrected chi connectivity index (χ3v) is 4.50. The minimum Gasteiger partial charge on any atom is -0.493 e. The summed E-state index contributed by atoms with van der Waals surface area (Å²) in [5.41, 5.74) is 1.27. The van der Waals surface area contributed by atoms with E-state index in [0.29, 0.717) is 17.1 Å². The van der Waals surface area contributed by atoms with Gasteiger partial charge < -0.3 is 9.84 Å². The maximum atomic E-state index is 10.7. The van der Waals surface area contributed by atoms with Crippen molar-refractivity contribution in [3.8, 4) is 5.75 Å². The van der Waals surface area contributed by atoms with Crippen LogP contribution in [0, 0.1) is 0 Å². The number of methoxy groups -OCH3 is 1. The smallest absolute Gasteiger partial charge is 0.163 e. The quantitative estimate of drug-likeness (QED) is 0.941. The first kappa shape index (κ1) is 16.0. The standard InChI is InChI=1S/C15H23N3O2S/c1-9(2)18-12(11(20-6)7-16-18)13(19)10-8-21-14(17-10)15(3,4)5/h7-9,13,19H,1-6H3. The van der Waals surface area contributed by atoms with E-state index in [1.54, 1.807) is 29.3 Å². The Balaban J connectivity index is 2.42. The summed E-state index contributed by atoms with van der Waals surface area (Å²) in [6.07, 6.45) is 0.799. The Bertz CT molecular complexity index is 611. The van der Waals surface area contributed by atoms with Gasteiger partial charge in [0.2, 0.25) is 0 Å². The number of aromatic nitrogens is 3. The third kappa shape index (κ3) is 3.11. The molecule has 1 unspecified atom stereocenters. The van der Waals surface area contributed by atoms with Crippen molar-refractivity contribution in [2.24, 2.45) is 0 Å². The normalized spacial score (nSPS) is 13.7. The second-order valence-electron chi connectivity index (χ2n) is 6.37. The van der Waals surface area contributed by atoms with Gasteiger partial charge in [0, 0.05) is 16.8 Å². The fourth-order valence-corrected chi connectivity index (χ4v) is 3.01. The lowest BCUT2D eigenvalue weighted by Gasteiger charge is -2.17. The van der Waals surface area contributed by atoms with Gasteiger partial charge in [-0.15, -0.1) is 11.3 Å². The predicted molar refractivity (Wildman–Crippen MR) is 84.0 cm³/mol. The van der Waals surface area contributed by atoms with Crippen LogP contribution in [-0.2, 0) is 5.41 Å². The molecule has 0 aromatic carbocycles. The Labute approximate surface area is 129 Å². The molecule has 1 atom stereocenters. The van der Waals surface area contributed by atoms with Crippen LogP contribution in [0.25, 0.3) is 0 Å². The largest absolute Gasteiger partial charge is 0.493 e. The summed E-state index contributed by atoms with van der Waals surface area (Å²) in [5.74, 6) is 0.585. The molecular formula is C15H23N3O2S. The molecule has 0 fully saturated rings. The first-order chi connectivity index (χ1) is 9.75. The number of nitrogens with zero attached hydrogens (tertiary/aromatic N) is 3. The fourth-order valence-electron chi connectivity index (χ4n) is 2.08. The SMILES string of the molecule is COc1cnn(C(C)C)c1C(O)c1csc(C(C)(C)C)n1. The van der Waals surface area contributed by atoms with Gasteiger partial charge in [-0.05, 0) is 13.8 Å². The lowest BCUT2D eigenvalue weighted by atomic mass is 9.98. The average molecular weight is 309 g/mol. The van der Waals surface area contributed by atoms with Crippen LogP contribution in [0.4, 0.5) is 0 Å². The van der Waals surface area contributed by atoms with Crippen molar-refractivity contribution < 1.29 is 9.84 Å². The number of aliphatic hydroxyl groups is 1. The molecule has 2 rings (SSSR count). The highest BCUT2D eigenvalue weighted by Gasteiger charge is 2.26. The monoisotopic (exact) mass is 309 g/mol. The van der Waals surface area contributed by atoms with Crippen molar-refractivity contribution in [3.63, 3.8) is 0 Å². The van der Waals surface area contributed by atoms with Gasteiger partial charge in [-0.3, -0.25) is 4.68 Å². The first-order valence-electron chi connectivity index (χ1n) is 7.01. The Morgan fingerprint density at radius 1 is 1.33 bits per heavy atom. The molecule has 6 heteroatoms. The number of hydrogen-bond donors (Lipinski definition) is 1. The zero-order valence-corrected chi connectivity index (χ0v) is 14.2. The van der Waals surface area contributed by atoms with Gasteiger partial charge >= 0.3 is 0 Å². The Hall–Kier alpha value is -1.40. The summed E-state index contributed by atoms with van der Waals surface area (Å²) < 4.78 is 7.10. The van der Waals surface area contributed by atoms with Crippen molar-refractivity contribution in [2.45, 2.75) is 52.2 Å². The molecule has 2 heterocycles. The van der Waals surface area contributed by atoms with E-state index in [2.05, 4.69) is 30.9 Å². The van der Waals surface area contributed by atoms with Gasteiger partial charge in [-0.2, -0.15) is 5.10 Å². The van der Waals surface area contributed by atoms with Gasteiger partial charge in [0.05, 0.1) is 24.0 Å². The van der Waals surface area contributed by atoms with Gasteiger partial charge in [-0.25, -0.2) is 4.98 Å². The van der Waals surface area contributed by atoms with Crippen LogP contribution in [0.2, 0.25) is 0 Å². The molecule has 0 aliphatic carbocycles. The fraction of sp³-hybridized carbons (Fsp3) is 0.600. The molecule has 0 radical (unpaired) electrons. The minimum absolute atomic E-state index is 0.0228. The van der Waals surface area contributed by atoms with Crippen LogP contribution in [0.1, 0.15) is 63.2 Å². The summed E-state index contributed by atoms with van der Waals surface area (Å²) in [7, 11) is 1.58. The average Bonchev–Trinajstić information content (AvgIpc) is 3.03. The highest BCUT2D eigenvalue weighted by Crippen LogP contribution is 2.34. The molecule has 0 saturated heterocycles. The van der Waals surface area contributed by atoms with Gasteiger partial charge in [0.25, 0.3) is 0 Å². The van der Waals surface area contributed by atoms with Crippen molar-refractivity contribution in [3.05, 3.63) is 28.0 Å². The lowest BCUT2D eigenvalue weighted by molar-refractivity contribution is 0.195. The lowest BCUT2D eigenvalue weighted by Crippen LogP contribution is -2.14. The second-order valence-corrected chi connectivity index (χ2v) is 7.22. The molecule has 2 aromatic heterocycles.